The third-order valence-corrected chi connectivity index (χ3v) is 3.60. The maximum absolute atomic E-state index is 11.9. The van der Waals surface area contributed by atoms with Gasteiger partial charge in [0.1, 0.15) is 0 Å². The summed E-state index contributed by atoms with van der Waals surface area (Å²) in [7, 11) is 0. The van der Waals surface area contributed by atoms with Gasteiger partial charge in [-0.1, -0.05) is 12.1 Å². The molecule has 0 aliphatic heterocycles. The predicted octanol–water partition coefficient (Wildman–Crippen LogP) is 2.61. The first-order valence-electron chi connectivity index (χ1n) is 7.97. The first kappa shape index (κ1) is 16.6. The van der Waals surface area contributed by atoms with Gasteiger partial charge in [0.25, 0.3) is 0 Å². The van der Waals surface area contributed by atoms with Crippen molar-refractivity contribution in [1.82, 2.24) is 25.1 Å². The molecule has 6 nitrogen and oxygen atoms in total. The van der Waals surface area contributed by atoms with Crippen molar-refractivity contribution in [2.75, 3.05) is 0 Å². The fraction of sp³-hybridized carbons (Fsp3) is 0.158. The summed E-state index contributed by atoms with van der Waals surface area (Å²) in [5.74, 6) is 0.587. The van der Waals surface area contributed by atoms with Crippen molar-refractivity contribution in [1.29, 1.82) is 0 Å². The summed E-state index contributed by atoms with van der Waals surface area (Å²) >= 11 is 0. The third-order valence-electron chi connectivity index (χ3n) is 3.60. The highest BCUT2D eigenvalue weighted by atomic mass is 16.1. The molecule has 6 heteroatoms. The second-order valence-corrected chi connectivity index (χ2v) is 5.67. The minimum absolute atomic E-state index is 0.173. The number of carbonyl (C=O) groups excluding carboxylic acids is 1. The summed E-state index contributed by atoms with van der Waals surface area (Å²) in [6, 6.07) is 11.4. The number of pyridine rings is 2. The van der Waals surface area contributed by atoms with Gasteiger partial charge in [0, 0.05) is 30.7 Å². The topological polar surface area (TPSA) is 72.7 Å². The normalized spacial score (nSPS) is 11.0. The van der Waals surface area contributed by atoms with E-state index in [2.05, 4.69) is 20.4 Å². The number of hydrogen-bond donors (Lipinski definition) is 1. The number of rotatable bonds is 5. The van der Waals surface area contributed by atoms with Gasteiger partial charge < -0.3 is 5.32 Å². The molecular formula is C19H19N5O. The zero-order valence-corrected chi connectivity index (χ0v) is 14.2. The lowest BCUT2D eigenvalue weighted by Gasteiger charge is -2.06. The van der Waals surface area contributed by atoms with E-state index >= 15 is 0 Å². The Labute approximate surface area is 146 Å². The summed E-state index contributed by atoms with van der Waals surface area (Å²) in [5.41, 5.74) is 3.65. The number of hydrogen-bond acceptors (Lipinski definition) is 4. The average Bonchev–Trinajstić information content (AvgIpc) is 2.98. The monoisotopic (exact) mass is 333 g/mol. The van der Waals surface area contributed by atoms with Gasteiger partial charge in [-0.15, -0.1) is 0 Å². The van der Waals surface area contributed by atoms with Crippen LogP contribution in [0, 0.1) is 13.8 Å². The number of carbonyl (C=O) groups is 1. The van der Waals surface area contributed by atoms with E-state index < -0.39 is 0 Å². The Hall–Kier alpha value is -3.28. The van der Waals surface area contributed by atoms with Crippen LogP contribution in [0.1, 0.15) is 22.6 Å². The smallest absolute Gasteiger partial charge is 0.244 e. The van der Waals surface area contributed by atoms with E-state index in [0.29, 0.717) is 6.54 Å². The standard InChI is InChI=1S/C19H19N5O/c1-14-11-15(2)24(23-14)18-8-6-16(12-21-18)13-22-19(25)9-7-17-5-3-4-10-20-17/h3-12H,13H2,1-2H3,(H,22,25)/b9-7+. The molecule has 0 atom stereocenters. The molecule has 3 rings (SSSR count). The van der Waals surface area contributed by atoms with Crippen LogP contribution in [0.5, 0.6) is 0 Å². The zero-order chi connectivity index (χ0) is 17.6. The molecule has 0 saturated carbocycles. The molecule has 0 saturated heterocycles. The summed E-state index contributed by atoms with van der Waals surface area (Å²) in [5, 5.41) is 7.23. The Morgan fingerprint density at radius 1 is 1.20 bits per heavy atom. The highest BCUT2D eigenvalue weighted by Crippen LogP contribution is 2.10. The van der Waals surface area contributed by atoms with Gasteiger partial charge in [-0.2, -0.15) is 5.10 Å². The fourth-order valence-corrected chi connectivity index (χ4v) is 2.39. The molecule has 0 bridgehead atoms. The van der Waals surface area contributed by atoms with E-state index in [1.165, 1.54) is 6.08 Å². The lowest BCUT2D eigenvalue weighted by Crippen LogP contribution is -2.20. The second kappa shape index (κ2) is 7.53. The molecule has 1 amide bonds. The van der Waals surface area contributed by atoms with Crippen molar-refractivity contribution in [2.45, 2.75) is 20.4 Å². The second-order valence-electron chi connectivity index (χ2n) is 5.67. The molecule has 3 aromatic heterocycles. The first-order chi connectivity index (χ1) is 12.1. The molecule has 3 aromatic rings. The van der Waals surface area contributed by atoms with Crippen molar-refractivity contribution in [2.24, 2.45) is 0 Å². The van der Waals surface area contributed by atoms with Crippen LogP contribution < -0.4 is 5.32 Å². The summed E-state index contributed by atoms with van der Waals surface area (Å²) in [6.07, 6.45) is 6.58. The minimum Gasteiger partial charge on any atom is -0.348 e. The quantitative estimate of drug-likeness (QED) is 0.729. The Balaban J connectivity index is 1.58. The van der Waals surface area contributed by atoms with Crippen LogP contribution in [0.2, 0.25) is 0 Å². The van der Waals surface area contributed by atoms with Crippen LogP contribution in [0.15, 0.2) is 54.9 Å². The number of amides is 1. The van der Waals surface area contributed by atoms with E-state index in [1.54, 1.807) is 23.2 Å². The molecular weight excluding hydrogens is 314 g/mol. The summed E-state index contributed by atoms with van der Waals surface area (Å²) in [6.45, 7) is 4.35. The number of aryl methyl sites for hydroxylation is 2. The zero-order valence-electron chi connectivity index (χ0n) is 14.2. The van der Waals surface area contributed by atoms with Crippen molar-refractivity contribution < 1.29 is 4.79 Å². The van der Waals surface area contributed by atoms with Crippen molar-refractivity contribution in [3.63, 3.8) is 0 Å². The largest absolute Gasteiger partial charge is 0.348 e. The Bertz CT molecular complexity index is 882. The number of aromatic nitrogens is 4. The van der Waals surface area contributed by atoms with Crippen LogP contribution in [0.3, 0.4) is 0 Å². The molecule has 0 aliphatic carbocycles. The van der Waals surface area contributed by atoms with Gasteiger partial charge in [0.15, 0.2) is 5.82 Å². The van der Waals surface area contributed by atoms with E-state index in [1.807, 2.05) is 50.2 Å². The maximum Gasteiger partial charge on any atom is 0.244 e. The van der Waals surface area contributed by atoms with Crippen LogP contribution in [-0.2, 0) is 11.3 Å². The molecule has 1 N–H and O–H groups in total. The summed E-state index contributed by atoms with van der Waals surface area (Å²) in [4.78, 5) is 20.4. The maximum atomic E-state index is 11.9. The SMILES string of the molecule is Cc1cc(C)n(-c2ccc(CNC(=O)/C=C/c3ccccn3)cn2)n1. The first-order valence-corrected chi connectivity index (χ1v) is 7.97. The Morgan fingerprint density at radius 3 is 2.72 bits per heavy atom. The molecule has 0 aliphatic rings. The van der Waals surface area contributed by atoms with E-state index in [4.69, 9.17) is 0 Å². The van der Waals surface area contributed by atoms with Gasteiger partial charge in [0.2, 0.25) is 5.91 Å². The van der Waals surface area contributed by atoms with Gasteiger partial charge >= 0.3 is 0 Å². The van der Waals surface area contributed by atoms with E-state index in [9.17, 15) is 4.79 Å². The molecule has 126 valence electrons. The highest BCUT2D eigenvalue weighted by molar-refractivity contribution is 5.91. The van der Waals surface area contributed by atoms with E-state index in [-0.39, 0.29) is 5.91 Å². The molecule has 25 heavy (non-hydrogen) atoms. The van der Waals surface area contributed by atoms with Gasteiger partial charge in [0.05, 0.1) is 11.4 Å². The Morgan fingerprint density at radius 2 is 2.08 bits per heavy atom. The van der Waals surface area contributed by atoms with Crippen molar-refractivity contribution >= 4 is 12.0 Å². The van der Waals surface area contributed by atoms with Crippen LogP contribution >= 0.6 is 0 Å². The van der Waals surface area contributed by atoms with E-state index in [0.717, 1.165) is 28.5 Å². The van der Waals surface area contributed by atoms with Gasteiger partial charge in [-0.3, -0.25) is 9.78 Å². The molecule has 0 unspecified atom stereocenters. The molecule has 0 aromatic carbocycles. The predicted molar refractivity (Wildman–Crippen MR) is 96.0 cm³/mol. The molecule has 0 radical (unpaired) electrons. The molecule has 3 heterocycles. The van der Waals surface area contributed by atoms with Crippen molar-refractivity contribution in [3.8, 4) is 5.82 Å². The number of nitrogens with zero attached hydrogens (tertiary/aromatic N) is 4. The minimum atomic E-state index is -0.173. The highest BCUT2D eigenvalue weighted by Gasteiger charge is 2.05. The van der Waals surface area contributed by atoms with Crippen LogP contribution in [0.25, 0.3) is 11.9 Å². The average molecular weight is 333 g/mol. The lowest BCUT2D eigenvalue weighted by atomic mass is 10.2. The van der Waals surface area contributed by atoms with Crippen LogP contribution in [0.4, 0.5) is 0 Å². The summed E-state index contributed by atoms with van der Waals surface area (Å²) < 4.78 is 1.80. The number of nitrogens with one attached hydrogen (secondary N) is 1. The van der Waals surface area contributed by atoms with Gasteiger partial charge in [-0.05, 0) is 49.8 Å². The lowest BCUT2D eigenvalue weighted by molar-refractivity contribution is -0.116. The van der Waals surface area contributed by atoms with Crippen molar-refractivity contribution in [3.05, 3.63) is 77.5 Å². The van der Waals surface area contributed by atoms with Gasteiger partial charge in [-0.25, -0.2) is 9.67 Å². The fourth-order valence-electron chi connectivity index (χ4n) is 2.39. The third kappa shape index (κ3) is 4.38. The molecule has 0 spiro atoms. The van der Waals surface area contributed by atoms with Crippen LogP contribution in [-0.4, -0.2) is 25.7 Å². The Kier molecular flexibility index (Phi) is 4.99. The molecule has 0 fully saturated rings.